The Morgan fingerprint density at radius 2 is 1.35 bits per heavy atom. The average molecular weight is 465 g/mol. The number of benzene rings is 3. The monoisotopic (exact) mass is 464 g/mol. The van der Waals surface area contributed by atoms with E-state index in [1.165, 1.54) is 6.07 Å². The molecule has 0 amide bonds. The Morgan fingerprint density at radius 3 is 1.85 bits per heavy atom. The fraction of sp³-hybridized carbons (Fsp3) is 0.321. The van der Waals surface area contributed by atoms with Crippen molar-refractivity contribution in [3.8, 4) is 23.0 Å². The normalized spacial score (nSPS) is 12.7. The molecule has 6 heteroatoms. The second-order valence-electron chi connectivity index (χ2n) is 8.86. The highest BCUT2D eigenvalue weighted by Gasteiger charge is 2.31. The number of aromatic carboxylic acids is 1. The van der Waals surface area contributed by atoms with Crippen LogP contribution in [-0.2, 0) is 5.41 Å². The summed E-state index contributed by atoms with van der Waals surface area (Å²) < 4.78 is 16.7. The van der Waals surface area contributed by atoms with Crippen molar-refractivity contribution >= 4 is 5.97 Å². The zero-order valence-corrected chi connectivity index (χ0v) is 20.1. The molecule has 0 aliphatic carbocycles. The topological polar surface area (TPSA) is 85.2 Å². The summed E-state index contributed by atoms with van der Waals surface area (Å²) >= 11 is 0. The number of aromatic hydroxyl groups is 1. The zero-order valence-electron chi connectivity index (χ0n) is 20.1. The number of carbonyl (C=O) groups is 1. The highest BCUT2D eigenvalue weighted by Crippen LogP contribution is 2.40. The first-order valence-electron chi connectivity index (χ1n) is 11.3. The first kappa shape index (κ1) is 25.0. The molecule has 0 aliphatic rings. The summed E-state index contributed by atoms with van der Waals surface area (Å²) in [5.41, 5.74) is 1.37. The van der Waals surface area contributed by atoms with Crippen LogP contribution in [-0.4, -0.2) is 36.5 Å². The smallest absolute Gasteiger partial charge is 0.339 e. The molecule has 0 saturated carbocycles. The molecule has 6 nitrogen and oxygen atoms in total. The molecule has 1 atom stereocenters. The predicted molar refractivity (Wildman–Crippen MR) is 131 cm³/mol. The van der Waals surface area contributed by atoms with Crippen LogP contribution in [0.25, 0.3) is 0 Å². The summed E-state index contributed by atoms with van der Waals surface area (Å²) in [6.45, 7) is 7.18. The Kier molecular flexibility index (Phi) is 8.05. The average Bonchev–Trinajstić information content (AvgIpc) is 2.82. The van der Waals surface area contributed by atoms with E-state index in [-0.39, 0.29) is 11.3 Å². The summed E-state index contributed by atoms with van der Waals surface area (Å²) in [6.07, 6.45) is 0.812. The van der Waals surface area contributed by atoms with Gasteiger partial charge in [0.2, 0.25) is 0 Å². The molecule has 180 valence electrons. The maximum atomic E-state index is 11.6. The van der Waals surface area contributed by atoms with Crippen LogP contribution < -0.4 is 14.2 Å². The number of hydrogen-bond acceptors (Lipinski definition) is 5. The second kappa shape index (κ2) is 11.0. The maximum Gasteiger partial charge on any atom is 0.339 e. The maximum absolute atomic E-state index is 11.6. The standard InChI is InChI=1S/C28H32O6/c1-19(2)18-28(3,21-7-14-26(29)25(17-21)27(30)31)20-5-8-23(9-6-20)33-15-16-34-24-12-10-22(32-4)11-13-24/h5-14,17,19,29H,15-16,18H2,1-4H3,(H,30,31). The quantitative estimate of drug-likeness (QED) is 0.343. The molecule has 0 aliphatic heterocycles. The van der Waals surface area contributed by atoms with Crippen LogP contribution >= 0.6 is 0 Å². The van der Waals surface area contributed by atoms with Crippen LogP contribution in [0.3, 0.4) is 0 Å². The lowest BCUT2D eigenvalue weighted by Gasteiger charge is -2.33. The summed E-state index contributed by atoms with van der Waals surface area (Å²) in [7, 11) is 1.62. The Balaban J connectivity index is 1.70. The molecule has 0 aromatic heterocycles. The van der Waals surface area contributed by atoms with Crippen LogP contribution in [0.4, 0.5) is 0 Å². The van der Waals surface area contributed by atoms with E-state index >= 15 is 0 Å². The fourth-order valence-electron chi connectivity index (χ4n) is 4.18. The summed E-state index contributed by atoms with van der Waals surface area (Å²) in [4.78, 5) is 11.6. The van der Waals surface area contributed by atoms with Crippen molar-refractivity contribution < 1.29 is 29.2 Å². The van der Waals surface area contributed by atoms with Gasteiger partial charge in [-0.2, -0.15) is 0 Å². The largest absolute Gasteiger partial charge is 0.507 e. The number of hydrogen-bond donors (Lipinski definition) is 2. The minimum atomic E-state index is -1.15. The fourth-order valence-corrected chi connectivity index (χ4v) is 4.18. The molecule has 0 heterocycles. The van der Waals surface area contributed by atoms with Gasteiger partial charge in [0.25, 0.3) is 0 Å². The van der Waals surface area contributed by atoms with Crippen molar-refractivity contribution in [3.05, 3.63) is 83.4 Å². The van der Waals surface area contributed by atoms with Crippen molar-refractivity contribution in [2.75, 3.05) is 20.3 Å². The third-order valence-electron chi connectivity index (χ3n) is 5.85. The van der Waals surface area contributed by atoms with E-state index in [1.807, 2.05) is 48.5 Å². The third kappa shape index (κ3) is 6.01. The SMILES string of the molecule is COc1ccc(OCCOc2ccc(C(C)(CC(C)C)c3ccc(O)c(C(=O)O)c3)cc2)cc1. The van der Waals surface area contributed by atoms with Crippen molar-refractivity contribution in [2.45, 2.75) is 32.6 Å². The number of phenols is 1. The lowest BCUT2D eigenvalue weighted by atomic mass is 9.71. The minimum Gasteiger partial charge on any atom is -0.507 e. The Morgan fingerprint density at radius 1 is 0.853 bits per heavy atom. The second-order valence-corrected chi connectivity index (χ2v) is 8.86. The van der Waals surface area contributed by atoms with Gasteiger partial charge in [-0.15, -0.1) is 0 Å². The summed E-state index contributed by atoms with van der Waals surface area (Å²) in [6, 6.07) is 20.1. The van der Waals surface area contributed by atoms with Crippen LogP contribution in [0, 0.1) is 5.92 Å². The van der Waals surface area contributed by atoms with Crippen LogP contribution in [0.5, 0.6) is 23.0 Å². The van der Waals surface area contributed by atoms with Crippen molar-refractivity contribution in [1.82, 2.24) is 0 Å². The van der Waals surface area contributed by atoms with Crippen LogP contribution in [0.15, 0.2) is 66.7 Å². The number of carboxylic acid groups (broad SMARTS) is 1. The van der Waals surface area contributed by atoms with Crippen molar-refractivity contribution in [2.24, 2.45) is 5.92 Å². The van der Waals surface area contributed by atoms with E-state index in [0.29, 0.717) is 19.1 Å². The molecular weight excluding hydrogens is 432 g/mol. The van der Waals surface area contributed by atoms with E-state index in [0.717, 1.165) is 34.8 Å². The minimum absolute atomic E-state index is 0.0932. The molecule has 0 radical (unpaired) electrons. The van der Waals surface area contributed by atoms with Crippen LogP contribution in [0.1, 0.15) is 48.7 Å². The first-order valence-corrected chi connectivity index (χ1v) is 11.3. The van der Waals surface area contributed by atoms with E-state index < -0.39 is 11.4 Å². The Labute approximate surface area is 200 Å². The van der Waals surface area contributed by atoms with Crippen molar-refractivity contribution in [1.29, 1.82) is 0 Å². The molecule has 3 aromatic rings. The molecular formula is C28H32O6. The molecule has 0 bridgehead atoms. The van der Waals surface area contributed by atoms with E-state index in [1.54, 1.807) is 19.2 Å². The molecule has 3 aromatic carbocycles. The predicted octanol–water partition coefficient (Wildman–Crippen LogP) is 5.91. The lowest BCUT2D eigenvalue weighted by Crippen LogP contribution is -2.26. The molecule has 3 rings (SSSR count). The van der Waals surface area contributed by atoms with Gasteiger partial charge in [0, 0.05) is 5.41 Å². The van der Waals surface area contributed by atoms with Crippen LogP contribution in [0.2, 0.25) is 0 Å². The van der Waals surface area contributed by atoms with E-state index in [9.17, 15) is 15.0 Å². The van der Waals surface area contributed by atoms with Gasteiger partial charge < -0.3 is 24.4 Å². The molecule has 0 fully saturated rings. The molecule has 0 spiro atoms. The molecule has 2 N–H and O–H groups in total. The van der Waals surface area contributed by atoms with Gasteiger partial charge in [-0.1, -0.05) is 39.0 Å². The molecule has 34 heavy (non-hydrogen) atoms. The van der Waals surface area contributed by atoms with E-state index in [4.69, 9.17) is 14.2 Å². The van der Waals surface area contributed by atoms with Crippen molar-refractivity contribution in [3.63, 3.8) is 0 Å². The van der Waals surface area contributed by atoms with Gasteiger partial charge in [-0.25, -0.2) is 4.79 Å². The van der Waals surface area contributed by atoms with Gasteiger partial charge in [-0.05, 0) is 72.0 Å². The Hall–Kier alpha value is -3.67. The third-order valence-corrected chi connectivity index (χ3v) is 5.85. The van der Waals surface area contributed by atoms with E-state index in [2.05, 4.69) is 20.8 Å². The molecule has 0 saturated heterocycles. The van der Waals surface area contributed by atoms with Gasteiger partial charge in [-0.3, -0.25) is 0 Å². The highest BCUT2D eigenvalue weighted by atomic mass is 16.5. The zero-order chi connectivity index (χ0) is 24.7. The number of methoxy groups -OCH3 is 1. The number of ether oxygens (including phenoxy) is 3. The lowest BCUT2D eigenvalue weighted by molar-refractivity contribution is 0.0693. The summed E-state index contributed by atoms with van der Waals surface area (Å²) in [5, 5.41) is 19.4. The number of carboxylic acids is 1. The van der Waals surface area contributed by atoms with Gasteiger partial charge in [0.15, 0.2) is 0 Å². The molecule has 1 unspecified atom stereocenters. The Bertz CT molecular complexity index is 1090. The highest BCUT2D eigenvalue weighted by molar-refractivity contribution is 5.91. The van der Waals surface area contributed by atoms with Gasteiger partial charge in [0.1, 0.15) is 41.8 Å². The summed E-state index contributed by atoms with van der Waals surface area (Å²) in [5.74, 6) is 1.25. The first-order chi connectivity index (χ1) is 16.2. The van der Waals surface area contributed by atoms with Gasteiger partial charge in [0.05, 0.1) is 7.11 Å². The number of rotatable bonds is 11. The van der Waals surface area contributed by atoms with Gasteiger partial charge >= 0.3 is 5.97 Å².